The van der Waals surface area contributed by atoms with Crippen molar-refractivity contribution < 1.29 is 4.79 Å². The summed E-state index contributed by atoms with van der Waals surface area (Å²) in [5.41, 5.74) is 2.84. The van der Waals surface area contributed by atoms with Crippen LogP contribution in [-0.2, 0) is 0 Å². The van der Waals surface area contributed by atoms with Gasteiger partial charge in [-0.2, -0.15) is 5.10 Å². The Morgan fingerprint density at radius 3 is 2.89 bits per heavy atom. The second-order valence-corrected chi connectivity index (χ2v) is 7.20. The molecule has 0 radical (unpaired) electrons. The summed E-state index contributed by atoms with van der Waals surface area (Å²) in [5.74, 6) is 0. The molecular weight excluding hydrogens is 338 g/mol. The number of nitrogens with zero attached hydrogens (tertiary/aromatic N) is 2. The smallest absolute Gasteiger partial charge is 0.319 e. The highest BCUT2D eigenvalue weighted by atomic mass is 16.2. The Morgan fingerprint density at radius 2 is 2.07 bits per heavy atom. The third-order valence-electron chi connectivity index (χ3n) is 5.35. The van der Waals surface area contributed by atoms with E-state index in [2.05, 4.69) is 44.9 Å². The number of carbonyl (C=O) groups excluding carboxylic acids is 1. The summed E-state index contributed by atoms with van der Waals surface area (Å²) in [6.07, 6.45) is 5.24. The molecule has 27 heavy (non-hydrogen) atoms. The Kier molecular flexibility index (Phi) is 5.07. The van der Waals surface area contributed by atoms with Crippen LogP contribution in [0.4, 0.5) is 10.5 Å². The monoisotopic (exact) mass is 363 g/mol. The number of nitrogens with one attached hydrogen (secondary N) is 3. The number of carbonyl (C=O) groups is 1. The second kappa shape index (κ2) is 7.80. The minimum absolute atomic E-state index is 0.0471. The molecule has 2 amide bonds. The van der Waals surface area contributed by atoms with Gasteiger partial charge < -0.3 is 15.5 Å². The summed E-state index contributed by atoms with van der Waals surface area (Å²) in [6, 6.07) is 16.0. The molecule has 0 spiro atoms. The van der Waals surface area contributed by atoms with Crippen LogP contribution in [0.1, 0.15) is 30.9 Å². The molecule has 1 fully saturated rings. The van der Waals surface area contributed by atoms with Gasteiger partial charge in [0.1, 0.15) is 0 Å². The van der Waals surface area contributed by atoms with Gasteiger partial charge in [0.15, 0.2) is 0 Å². The highest BCUT2D eigenvalue weighted by molar-refractivity contribution is 5.92. The zero-order valence-electron chi connectivity index (χ0n) is 15.5. The number of benzene rings is 2. The van der Waals surface area contributed by atoms with Gasteiger partial charge in [-0.25, -0.2) is 4.79 Å². The van der Waals surface area contributed by atoms with E-state index in [1.807, 2.05) is 36.4 Å². The molecule has 6 heteroatoms. The lowest BCUT2D eigenvalue weighted by Gasteiger charge is -2.38. The Labute approximate surface area is 159 Å². The fraction of sp³-hybridized carbons (Fsp3) is 0.333. The fourth-order valence-corrected chi connectivity index (χ4v) is 3.91. The maximum absolute atomic E-state index is 12.8. The molecule has 4 rings (SSSR count). The van der Waals surface area contributed by atoms with E-state index in [1.165, 1.54) is 12.8 Å². The lowest BCUT2D eigenvalue weighted by Crippen LogP contribution is -2.47. The number of fused-ring (bicyclic) bond motifs is 1. The zero-order valence-corrected chi connectivity index (χ0v) is 15.5. The molecular formula is C21H25N5O. The summed E-state index contributed by atoms with van der Waals surface area (Å²) in [4.78, 5) is 15.1. The molecule has 1 aromatic heterocycles. The first-order valence-corrected chi connectivity index (χ1v) is 9.46. The quantitative estimate of drug-likeness (QED) is 0.658. The number of H-pyrrole nitrogens is 1. The van der Waals surface area contributed by atoms with Gasteiger partial charge in [-0.1, -0.05) is 36.8 Å². The second-order valence-electron chi connectivity index (χ2n) is 7.20. The van der Waals surface area contributed by atoms with Crippen LogP contribution in [0.25, 0.3) is 10.9 Å². The van der Waals surface area contributed by atoms with Crippen molar-refractivity contribution in [1.29, 1.82) is 0 Å². The molecule has 1 aliphatic rings. The van der Waals surface area contributed by atoms with Crippen LogP contribution in [0, 0.1) is 0 Å². The minimum Gasteiger partial charge on any atom is -0.329 e. The third kappa shape index (κ3) is 3.95. The first-order chi connectivity index (χ1) is 13.2. The van der Waals surface area contributed by atoms with Crippen LogP contribution in [0.3, 0.4) is 0 Å². The van der Waals surface area contributed by atoms with Crippen LogP contribution in [0.2, 0.25) is 0 Å². The predicted molar refractivity (Wildman–Crippen MR) is 108 cm³/mol. The summed E-state index contributed by atoms with van der Waals surface area (Å²) >= 11 is 0. The number of hydrogen-bond donors (Lipinski definition) is 3. The molecule has 0 saturated carbocycles. The van der Waals surface area contributed by atoms with Crippen LogP contribution in [0.5, 0.6) is 0 Å². The van der Waals surface area contributed by atoms with Crippen molar-refractivity contribution in [3.8, 4) is 0 Å². The van der Waals surface area contributed by atoms with Crippen molar-refractivity contribution >= 4 is 22.6 Å². The molecule has 3 N–H and O–H groups in total. The van der Waals surface area contributed by atoms with E-state index in [1.54, 1.807) is 6.20 Å². The summed E-state index contributed by atoms with van der Waals surface area (Å²) in [7, 11) is 2.15. The molecule has 3 aromatic rings. The highest BCUT2D eigenvalue weighted by Gasteiger charge is 2.30. The van der Waals surface area contributed by atoms with Gasteiger partial charge in [-0.15, -0.1) is 0 Å². The number of hydrogen-bond acceptors (Lipinski definition) is 3. The molecule has 2 atom stereocenters. The minimum atomic E-state index is -0.189. The Bertz CT molecular complexity index is 907. The average molecular weight is 363 g/mol. The lowest BCUT2D eigenvalue weighted by atomic mass is 9.91. The molecule has 2 aromatic carbocycles. The number of urea groups is 1. The lowest BCUT2D eigenvalue weighted by molar-refractivity contribution is 0.147. The van der Waals surface area contributed by atoms with E-state index in [9.17, 15) is 4.79 Å². The first-order valence-electron chi connectivity index (χ1n) is 9.46. The molecule has 0 bridgehead atoms. The number of amides is 2. The van der Waals surface area contributed by atoms with E-state index in [4.69, 9.17) is 0 Å². The number of rotatable bonds is 4. The van der Waals surface area contributed by atoms with Crippen molar-refractivity contribution in [2.24, 2.45) is 0 Å². The van der Waals surface area contributed by atoms with Crippen LogP contribution in [0.15, 0.2) is 54.7 Å². The number of anilines is 1. The summed E-state index contributed by atoms with van der Waals surface area (Å²) in [5, 5.41) is 14.1. The molecule has 140 valence electrons. The normalized spacial score (nSPS) is 18.9. The van der Waals surface area contributed by atoms with E-state index >= 15 is 0 Å². The van der Waals surface area contributed by atoms with Crippen molar-refractivity contribution in [2.75, 3.05) is 18.9 Å². The molecule has 0 aliphatic carbocycles. The van der Waals surface area contributed by atoms with Gasteiger partial charge in [0, 0.05) is 17.1 Å². The van der Waals surface area contributed by atoms with E-state index in [0.29, 0.717) is 6.04 Å². The largest absolute Gasteiger partial charge is 0.329 e. The number of likely N-dealkylation sites (N-methyl/N-ethyl adjacent to an activating group) is 1. The Hall–Kier alpha value is -2.86. The first kappa shape index (κ1) is 17.5. The Morgan fingerprint density at radius 1 is 1.22 bits per heavy atom. The van der Waals surface area contributed by atoms with Crippen molar-refractivity contribution in [1.82, 2.24) is 20.4 Å². The van der Waals surface area contributed by atoms with Crippen LogP contribution in [-0.4, -0.2) is 40.8 Å². The number of aromatic amines is 1. The molecule has 6 nitrogen and oxygen atoms in total. The maximum atomic E-state index is 12.8. The average Bonchev–Trinajstić information content (AvgIpc) is 3.15. The van der Waals surface area contributed by atoms with Gasteiger partial charge in [0.05, 0.1) is 17.8 Å². The summed E-state index contributed by atoms with van der Waals surface area (Å²) < 4.78 is 0. The van der Waals surface area contributed by atoms with Gasteiger partial charge >= 0.3 is 6.03 Å². The fourth-order valence-electron chi connectivity index (χ4n) is 3.91. The van der Waals surface area contributed by atoms with Crippen molar-refractivity contribution in [2.45, 2.75) is 31.3 Å². The van der Waals surface area contributed by atoms with Gasteiger partial charge in [-0.3, -0.25) is 5.10 Å². The molecule has 2 heterocycles. The number of likely N-dealkylation sites (tertiary alicyclic amines) is 1. The van der Waals surface area contributed by atoms with Crippen LogP contribution >= 0.6 is 0 Å². The topological polar surface area (TPSA) is 73.1 Å². The van der Waals surface area contributed by atoms with Crippen LogP contribution < -0.4 is 10.6 Å². The molecule has 1 saturated heterocycles. The molecule has 1 aliphatic heterocycles. The van der Waals surface area contributed by atoms with Gasteiger partial charge in [-0.05, 0) is 50.2 Å². The standard InChI is InChI=1S/C21H25N5O/c1-26-12-6-5-9-19(26)20(15-7-3-2-4-8-15)24-21(27)23-17-10-11-18-16(13-17)14-22-25-18/h2-4,7-8,10-11,13-14,19-20H,5-6,9,12H2,1H3,(H,22,25)(H2,23,24,27)/t19-,20-/m1/s1. The SMILES string of the molecule is CN1CCCC[C@@H]1[C@H](NC(=O)Nc1ccc2[nH]ncc2c1)c1ccccc1. The molecule has 0 unspecified atom stereocenters. The third-order valence-corrected chi connectivity index (χ3v) is 5.35. The van der Waals surface area contributed by atoms with Gasteiger partial charge in [0.25, 0.3) is 0 Å². The zero-order chi connectivity index (χ0) is 18.6. The van der Waals surface area contributed by atoms with E-state index < -0.39 is 0 Å². The van der Waals surface area contributed by atoms with E-state index in [-0.39, 0.29) is 12.1 Å². The van der Waals surface area contributed by atoms with Gasteiger partial charge in [0.2, 0.25) is 0 Å². The predicted octanol–water partition coefficient (Wildman–Crippen LogP) is 3.91. The van der Waals surface area contributed by atoms with Crippen molar-refractivity contribution in [3.63, 3.8) is 0 Å². The highest BCUT2D eigenvalue weighted by Crippen LogP contribution is 2.28. The summed E-state index contributed by atoms with van der Waals surface area (Å²) in [6.45, 7) is 1.06. The van der Waals surface area contributed by atoms with E-state index in [0.717, 1.165) is 35.1 Å². The van der Waals surface area contributed by atoms with Crippen molar-refractivity contribution in [3.05, 3.63) is 60.3 Å². The maximum Gasteiger partial charge on any atom is 0.319 e. The Balaban J connectivity index is 1.52. The number of aromatic nitrogens is 2. The number of piperidine rings is 1.